The van der Waals surface area contributed by atoms with Crippen molar-refractivity contribution in [1.29, 1.82) is 0 Å². The van der Waals surface area contributed by atoms with Gasteiger partial charge in [0.25, 0.3) is 0 Å². The molecule has 0 fully saturated rings. The van der Waals surface area contributed by atoms with Crippen LogP contribution in [0.4, 0.5) is 0 Å². The smallest absolute Gasteiger partial charge is 0.113 e. The average Bonchev–Trinajstić information content (AvgIpc) is 2.80. The van der Waals surface area contributed by atoms with Crippen molar-refractivity contribution in [3.05, 3.63) is 143 Å². The van der Waals surface area contributed by atoms with Crippen molar-refractivity contribution in [3.8, 4) is 0 Å². The van der Waals surface area contributed by atoms with Crippen molar-refractivity contribution in [2.45, 2.75) is 10.3 Å². The average molecular weight is 403 g/mol. The van der Waals surface area contributed by atoms with Crippen molar-refractivity contribution >= 4 is 23.2 Å². The van der Waals surface area contributed by atoms with Crippen molar-refractivity contribution in [1.82, 2.24) is 0 Å². The molecule has 0 aliphatic rings. The highest BCUT2D eigenvalue weighted by Gasteiger charge is 2.36. The van der Waals surface area contributed by atoms with Crippen LogP contribution in [0.15, 0.2) is 115 Å². The molecule has 4 aromatic rings. The number of alkyl halides is 2. The SMILES string of the molecule is ClC(c1ccccc1)c1ccccc1C(Cl)(c1ccccc1)c1ccccc1. The Labute approximate surface area is 176 Å². The fraction of sp³-hybridized carbons (Fsp3) is 0.0769. The van der Waals surface area contributed by atoms with Crippen LogP contribution in [0.3, 0.4) is 0 Å². The molecule has 0 saturated heterocycles. The summed E-state index contributed by atoms with van der Waals surface area (Å²) in [5.74, 6) is 0. The van der Waals surface area contributed by atoms with Crippen LogP contribution in [0.2, 0.25) is 0 Å². The molecule has 0 aliphatic carbocycles. The van der Waals surface area contributed by atoms with Crippen LogP contribution < -0.4 is 0 Å². The van der Waals surface area contributed by atoms with Crippen molar-refractivity contribution in [3.63, 3.8) is 0 Å². The highest BCUT2D eigenvalue weighted by Crippen LogP contribution is 2.47. The number of halogens is 2. The second-order valence-electron chi connectivity index (χ2n) is 6.75. The Kier molecular flexibility index (Phi) is 5.52. The summed E-state index contributed by atoms with van der Waals surface area (Å²) < 4.78 is 0. The molecule has 1 unspecified atom stereocenters. The highest BCUT2D eigenvalue weighted by molar-refractivity contribution is 6.29. The van der Waals surface area contributed by atoms with Crippen LogP contribution in [0.25, 0.3) is 0 Å². The molecule has 0 spiro atoms. The maximum atomic E-state index is 7.49. The molecule has 4 rings (SSSR count). The third-order valence-electron chi connectivity index (χ3n) is 5.04. The molecule has 4 aromatic carbocycles. The van der Waals surface area contributed by atoms with Gasteiger partial charge in [-0.05, 0) is 27.8 Å². The summed E-state index contributed by atoms with van der Waals surface area (Å²) in [5, 5.41) is -0.289. The van der Waals surface area contributed by atoms with E-state index in [2.05, 4.69) is 48.5 Å². The Morgan fingerprint density at radius 2 is 0.964 bits per heavy atom. The third kappa shape index (κ3) is 3.46. The largest absolute Gasteiger partial charge is 0.120 e. The quantitative estimate of drug-likeness (QED) is 0.238. The van der Waals surface area contributed by atoms with Gasteiger partial charge in [-0.15, -0.1) is 23.2 Å². The maximum Gasteiger partial charge on any atom is 0.120 e. The minimum absolute atomic E-state index is 0.289. The fourth-order valence-electron chi connectivity index (χ4n) is 3.65. The Morgan fingerprint density at radius 1 is 0.536 bits per heavy atom. The molecule has 0 nitrogen and oxygen atoms in total. The molecule has 28 heavy (non-hydrogen) atoms. The summed E-state index contributed by atoms with van der Waals surface area (Å²) in [6.07, 6.45) is 0. The molecule has 0 heterocycles. The minimum atomic E-state index is -0.832. The van der Waals surface area contributed by atoms with Crippen LogP contribution in [-0.4, -0.2) is 0 Å². The molecule has 0 saturated carbocycles. The number of benzene rings is 4. The lowest BCUT2D eigenvalue weighted by Gasteiger charge is -2.32. The molecule has 0 aromatic heterocycles. The number of hydrogen-bond donors (Lipinski definition) is 0. The zero-order valence-corrected chi connectivity index (χ0v) is 16.8. The van der Waals surface area contributed by atoms with Gasteiger partial charge in [0.05, 0.1) is 5.38 Å². The molecule has 138 valence electrons. The molecule has 0 N–H and O–H groups in total. The second-order valence-corrected chi connectivity index (χ2v) is 7.75. The van der Waals surface area contributed by atoms with Gasteiger partial charge in [-0.25, -0.2) is 0 Å². The Hall–Kier alpha value is -2.54. The first-order chi connectivity index (χ1) is 13.7. The van der Waals surface area contributed by atoms with Crippen LogP contribution in [0, 0.1) is 0 Å². The Morgan fingerprint density at radius 3 is 1.50 bits per heavy atom. The second kappa shape index (κ2) is 8.22. The van der Waals surface area contributed by atoms with E-state index >= 15 is 0 Å². The third-order valence-corrected chi connectivity index (χ3v) is 6.17. The van der Waals surface area contributed by atoms with E-state index in [1.165, 1.54) is 0 Å². The highest BCUT2D eigenvalue weighted by atomic mass is 35.5. The van der Waals surface area contributed by atoms with Gasteiger partial charge in [0.15, 0.2) is 0 Å². The Bertz CT molecular complexity index is 988. The molecule has 0 bridgehead atoms. The first kappa shape index (κ1) is 18.8. The van der Waals surface area contributed by atoms with Crippen LogP contribution >= 0.6 is 23.2 Å². The van der Waals surface area contributed by atoms with Gasteiger partial charge in [0.2, 0.25) is 0 Å². The fourth-order valence-corrected chi connectivity index (χ4v) is 4.41. The summed E-state index contributed by atoms with van der Waals surface area (Å²) in [4.78, 5) is -0.832. The van der Waals surface area contributed by atoms with E-state index in [1.807, 2.05) is 66.7 Å². The van der Waals surface area contributed by atoms with Gasteiger partial charge in [-0.3, -0.25) is 0 Å². The first-order valence-electron chi connectivity index (χ1n) is 9.29. The van der Waals surface area contributed by atoms with E-state index in [4.69, 9.17) is 23.2 Å². The summed E-state index contributed by atoms with van der Waals surface area (Å²) in [6, 6.07) is 38.7. The molecule has 0 amide bonds. The topological polar surface area (TPSA) is 0 Å². The predicted molar refractivity (Wildman–Crippen MR) is 119 cm³/mol. The summed E-state index contributed by atoms with van der Waals surface area (Å²) >= 11 is 14.5. The van der Waals surface area contributed by atoms with Gasteiger partial charge in [0.1, 0.15) is 4.87 Å². The van der Waals surface area contributed by atoms with Crippen molar-refractivity contribution in [2.75, 3.05) is 0 Å². The zero-order chi connectivity index (χ0) is 19.4. The predicted octanol–water partition coefficient (Wildman–Crippen LogP) is 7.55. The van der Waals surface area contributed by atoms with Crippen molar-refractivity contribution < 1.29 is 0 Å². The van der Waals surface area contributed by atoms with E-state index in [0.29, 0.717) is 0 Å². The van der Waals surface area contributed by atoms with E-state index in [-0.39, 0.29) is 5.38 Å². The molecular formula is C26H20Cl2. The first-order valence-corrected chi connectivity index (χ1v) is 10.1. The lowest BCUT2D eigenvalue weighted by Crippen LogP contribution is -2.24. The molecule has 0 radical (unpaired) electrons. The van der Waals surface area contributed by atoms with E-state index < -0.39 is 4.87 Å². The zero-order valence-electron chi connectivity index (χ0n) is 15.3. The van der Waals surface area contributed by atoms with E-state index in [1.54, 1.807) is 0 Å². The molecule has 0 aliphatic heterocycles. The lowest BCUT2D eigenvalue weighted by molar-refractivity contribution is 0.856. The van der Waals surface area contributed by atoms with Crippen molar-refractivity contribution in [2.24, 2.45) is 0 Å². The maximum absolute atomic E-state index is 7.49. The minimum Gasteiger partial charge on any atom is -0.113 e. The number of hydrogen-bond acceptors (Lipinski definition) is 0. The monoisotopic (exact) mass is 402 g/mol. The number of rotatable bonds is 5. The summed E-state index contributed by atoms with van der Waals surface area (Å²) in [5.41, 5.74) is 5.10. The standard InChI is InChI=1S/C26H20Cl2/c27-25(20-12-4-1-5-13-20)23-18-10-11-19-24(23)26(28,21-14-6-2-7-15-21)22-16-8-3-9-17-22/h1-19,25H. The van der Waals surface area contributed by atoms with Gasteiger partial charge in [-0.2, -0.15) is 0 Å². The summed E-state index contributed by atoms with van der Waals surface area (Å²) in [7, 11) is 0. The van der Waals surface area contributed by atoms with Gasteiger partial charge >= 0.3 is 0 Å². The molecule has 1 atom stereocenters. The van der Waals surface area contributed by atoms with E-state index in [0.717, 1.165) is 27.8 Å². The van der Waals surface area contributed by atoms with Crippen LogP contribution in [-0.2, 0) is 4.87 Å². The summed E-state index contributed by atoms with van der Waals surface area (Å²) in [6.45, 7) is 0. The van der Waals surface area contributed by atoms with E-state index in [9.17, 15) is 0 Å². The normalized spacial score (nSPS) is 12.5. The Balaban J connectivity index is 1.94. The molecular weight excluding hydrogens is 383 g/mol. The van der Waals surface area contributed by atoms with Gasteiger partial charge < -0.3 is 0 Å². The van der Waals surface area contributed by atoms with Gasteiger partial charge in [-0.1, -0.05) is 115 Å². The van der Waals surface area contributed by atoms with Crippen LogP contribution in [0.1, 0.15) is 33.2 Å². The lowest BCUT2D eigenvalue weighted by atomic mass is 9.80. The van der Waals surface area contributed by atoms with Gasteiger partial charge in [0, 0.05) is 0 Å². The molecule has 2 heteroatoms. The van der Waals surface area contributed by atoms with Crippen LogP contribution in [0.5, 0.6) is 0 Å².